The summed E-state index contributed by atoms with van der Waals surface area (Å²) in [5.74, 6) is 0.962. The fourth-order valence-corrected chi connectivity index (χ4v) is 2.06. The van der Waals surface area contributed by atoms with Gasteiger partial charge in [-0.05, 0) is 25.8 Å². The van der Waals surface area contributed by atoms with Crippen LogP contribution in [0.25, 0.3) is 0 Å². The topological polar surface area (TPSA) is 12.5 Å². The summed E-state index contributed by atoms with van der Waals surface area (Å²) >= 11 is 0. The van der Waals surface area contributed by atoms with Gasteiger partial charge in [0.1, 0.15) is 0 Å². The van der Waals surface area contributed by atoms with Crippen LogP contribution in [0, 0.1) is 5.92 Å². The lowest BCUT2D eigenvalue weighted by molar-refractivity contribution is 0.0377. The van der Waals surface area contributed by atoms with Crippen LogP contribution in [-0.2, 0) is 4.74 Å². The number of nitrogens with zero attached hydrogens (tertiary/aromatic N) is 1. The minimum atomic E-state index is 0.508. The normalized spacial score (nSPS) is 46.8. The van der Waals surface area contributed by atoms with Crippen LogP contribution < -0.4 is 0 Å². The van der Waals surface area contributed by atoms with Gasteiger partial charge in [-0.2, -0.15) is 0 Å². The summed E-state index contributed by atoms with van der Waals surface area (Å²) in [4.78, 5) is 2.43. The molecule has 0 radical (unpaired) electrons. The average molecular weight is 141 g/mol. The van der Waals surface area contributed by atoms with Crippen LogP contribution in [0.2, 0.25) is 0 Å². The van der Waals surface area contributed by atoms with E-state index in [9.17, 15) is 0 Å². The van der Waals surface area contributed by atoms with E-state index in [1.165, 1.54) is 12.8 Å². The SMILES string of the molecule is COC1CC2CC2N(C)C1. The molecule has 0 spiro atoms. The minimum Gasteiger partial charge on any atom is -0.380 e. The lowest BCUT2D eigenvalue weighted by Gasteiger charge is -2.27. The summed E-state index contributed by atoms with van der Waals surface area (Å²) in [6.07, 6.45) is 3.22. The van der Waals surface area contributed by atoms with E-state index in [-0.39, 0.29) is 0 Å². The summed E-state index contributed by atoms with van der Waals surface area (Å²) in [5.41, 5.74) is 0. The van der Waals surface area contributed by atoms with E-state index in [4.69, 9.17) is 4.74 Å². The number of methoxy groups -OCH3 is 1. The molecule has 1 saturated heterocycles. The van der Waals surface area contributed by atoms with Gasteiger partial charge in [0, 0.05) is 19.7 Å². The highest BCUT2D eigenvalue weighted by molar-refractivity contribution is 4.99. The quantitative estimate of drug-likeness (QED) is 0.533. The van der Waals surface area contributed by atoms with E-state index >= 15 is 0 Å². The Morgan fingerprint density at radius 1 is 1.40 bits per heavy atom. The predicted molar refractivity (Wildman–Crippen MR) is 39.9 cm³/mol. The number of likely N-dealkylation sites (N-methyl/N-ethyl adjacent to an activating group) is 1. The van der Waals surface area contributed by atoms with Crippen LogP contribution in [-0.4, -0.2) is 37.7 Å². The Hall–Kier alpha value is -0.0800. The van der Waals surface area contributed by atoms with Crippen LogP contribution in [0.15, 0.2) is 0 Å². The van der Waals surface area contributed by atoms with Gasteiger partial charge in [-0.25, -0.2) is 0 Å². The molecule has 0 aromatic carbocycles. The van der Waals surface area contributed by atoms with Gasteiger partial charge in [-0.15, -0.1) is 0 Å². The number of likely N-dealkylation sites (tertiary alicyclic amines) is 1. The van der Waals surface area contributed by atoms with E-state index in [0.29, 0.717) is 6.10 Å². The fraction of sp³-hybridized carbons (Fsp3) is 1.00. The molecule has 2 heteroatoms. The second-order valence-corrected chi connectivity index (χ2v) is 3.60. The lowest BCUT2D eigenvalue weighted by atomic mass is 10.1. The monoisotopic (exact) mass is 141 g/mol. The van der Waals surface area contributed by atoms with Crippen molar-refractivity contribution in [2.24, 2.45) is 5.92 Å². The van der Waals surface area contributed by atoms with Gasteiger partial charge in [0.2, 0.25) is 0 Å². The Labute approximate surface area is 62.2 Å². The molecule has 2 fully saturated rings. The highest BCUT2D eigenvalue weighted by atomic mass is 16.5. The molecule has 1 heterocycles. The molecule has 2 nitrogen and oxygen atoms in total. The zero-order chi connectivity index (χ0) is 7.14. The van der Waals surface area contributed by atoms with E-state index < -0.39 is 0 Å². The molecular formula is C8H15NO. The van der Waals surface area contributed by atoms with Crippen molar-refractivity contribution in [3.05, 3.63) is 0 Å². The zero-order valence-electron chi connectivity index (χ0n) is 6.71. The summed E-state index contributed by atoms with van der Waals surface area (Å²) in [6, 6.07) is 0.909. The molecule has 1 aliphatic carbocycles. The molecule has 2 aliphatic rings. The standard InChI is InChI=1S/C8H15NO/c1-9-5-7(10-2)3-6-4-8(6)9/h6-8H,3-5H2,1-2H3. The van der Waals surface area contributed by atoms with Gasteiger partial charge >= 0.3 is 0 Å². The molecule has 10 heavy (non-hydrogen) atoms. The van der Waals surface area contributed by atoms with Gasteiger partial charge in [0.15, 0.2) is 0 Å². The van der Waals surface area contributed by atoms with E-state index in [1.807, 2.05) is 7.11 Å². The van der Waals surface area contributed by atoms with Crippen LogP contribution in [0.4, 0.5) is 0 Å². The van der Waals surface area contributed by atoms with Gasteiger partial charge < -0.3 is 9.64 Å². The number of rotatable bonds is 1. The third kappa shape index (κ3) is 0.956. The molecule has 0 aromatic heterocycles. The minimum absolute atomic E-state index is 0.508. The molecule has 1 aliphatic heterocycles. The highest BCUT2D eigenvalue weighted by Crippen LogP contribution is 2.42. The maximum absolute atomic E-state index is 5.32. The van der Waals surface area contributed by atoms with Crippen LogP contribution in [0.5, 0.6) is 0 Å². The second-order valence-electron chi connectivity index (χ2n) is 3.60. The average Bonchev–Trinajstić information content (AvgIpc) is 2.66. The van der Waals surface area contributed by atoms with Gasteiger partial charge in [-0.3, -0.25) is 0 Å². The van der Waals surface area contributed by atoms with E-state index in [2.05, 4.69) is 11.9 Å². The molecule has 2 rings (SSSR count). The maximum atomic E-state index is 5.32. The predicted octanol–water partition coefficient (Wildman–Crippen LogP) is 0.725. The van der Waals surface area contributed by atoms with Crippen LogP contribution in [0.3, 0.4) is 0 Å². The summed E-state index contributed by atoms with van der Waals surface area (Å²) < 4.78 is 5.32. The fourth-order valence-electron chi connectivity index (χ4n) is 2.06. The van der Waals surface area contributed by atoms with Gasteiger partial charge in [0.25, 0.3) is 0 Å². The molecule has 0 amide bonds. The first-order chi connectivity index (χ1) is 4.81. The van der Waals surface area contributed by atoms with Crippen molar-refractivity contribution in [2.75, 3.05) is 20.7 Å². The van der Waals surface area contributed by atoms with Gasteiger partial charge in [0.05, 0.1) is 6.10 Å². The molecule has 58 valence electrons. The van der Waals surface area contributed by atoms with Crippen molar-refractivity contribution in [3.63, 3.8) is 0 Å². The number of piperidine rings is 1. The van der Waals surface area contributed by atoms with Crippen molar-refractivity contribution < 1.29 is 4.74 Å². The molecule has 3 atom stereocenters. The maximum Gasteiger partial charge on any atom is 0.0701 e. The number of hydrogen-bond donors (Lipinski definition) is 0. The lowest BCUT2D eigenvalue weighted by Crippen LogP contribution is -2.37. The summed E-state index contributed by atoms with van der Waals surface area (Å²) in [6.45, 7) is 1.14. The smallest absolute Gasteiger partial charge is 0.0701 e. The summed E-state index contributed by atoms with van der Waals surface area (Å²) in [5, 5.41) is 0. The largest absolute Gasteiger partial charge is 0.380 e. The van der Waals surface area contributed by atoms with E-state index in [0.717, 1.165) is 18.5 Å². The highest BCUT2D eigenvalue weighted by Gasteiger charge is 2.45. The first-order valence-electron chi connectivity index (χ1n) is 4.04. The molecule has 3 unspecified atom stereocenters. The Kier molecular flexibility index (Phi) is 1.46. The van der Waals surface area contributed by atoms with Crippen molar-refractivity contribution in [3.8, 4) is 0 Å². The molecule has 0 N–H and O–H groups in total. The zero-order valence-corrected chi connectivity index (χ0v) is 6.71. The third-order valence-electron chi connectivity index (χ3n) is 2.84. The van der Waals surface area contributed by atoms with Gasteiger partial charge in [-0.1, -0.05) is 0 Å². The Morgan fingerprint density at radius 2 is 2.20 bits per heavy atom. The van der Waals surface area contributed by atoms with E-state index in [1.54, 1.807) is 0 Å². The Balaban J connectivity index is 1.93. The van der Waals surface area contributed by atoms with Crippen LogP contribution in [0.1, 0.15) is 12.8 Å². The number of ether oxygens (including phenoxy) is 1. The van der Waals surface area contributed by atoms with Crippen LogP contribution >= 0.6 is 0 Å². The van der Waals surface area contributed by atoms with Crippen molar-refractivity contribution >= 4 is 0 Å². The first-order valence-corrected chi connectivity index (χ1v) is 4.04. The molecule has 0 aromatic rings. The molecule has 1 saturated carbocycles. The van der Waals surface area contributed by atoms with Crippen molar-refractivity contribution in [2.45, 2.75) is 25.0 Å². The molecule has 0 bridgehead atoms. The number of hydrogen-bond acceptors (Lipinski definition) is 2. The number of fused-ring (bicyclic) bond motifs is 1. The Morgan fingerprint density at radius 3 is 2.80 bits per heavy atom. The third-order valence-corrected chi connectivity index (χ3v) is 2.84. The molecular weight excluding hydrogens is 126 g/mol. The van der Waals surface area contributed by atoms with Crippen molar-refractivity contribution in [1.29, 1.82) is 0 Å². The second kappa shape index (κ2) is 2.21. The Bertz CT molecular complexity index is 137. The summed E-state index contributed by atoms with van der Waals surface area (Å²) in [7, 11) is 4.02. The van der Waals surface area contributed by atoms with Crippen molar-refractivity contribution in [1.82, 2.24) is 4.90 Å². The first kappa shape index (κ1) is 6.62.